The number of hydrogen-bond donors (Lipinski definition) is 1. The van der Waals surface area contributed by atoms with E-state index in [-0.39, 0.29) is 23.8 Å². The average Bonchev–Trinajstić information content (AvgIpc) is 3.54. The molecule has 146 valence electrons. The summed E-state index contributed by atoms with van der Waals surface area (Å²) in [5, 5.41) is 2.93. The second kappa shape index (κ2) is 8.05. The summed E-state index contributed by atoms with van der Waals surface area (Å²) in [5.41, 5.74) is 2.49. The van der Waals surface area contributed by atoms with Crippen molar-refractivity contribution in [3.05, 3.63) is 64.1 Å². The van der Waals surface area contributed by atoms with Crippen LogP contribution in [0.3, 0.4) is 0 Å². The van der Waals surface area contributed by atoms with Crippen LogP contribution in [0.4, 0.5) is 5.69 Å². The third-order valence-corrected chi connectivity index (χ3v) is 6.10. The van der Waals surface area contributed by atoms with E-state index in [1.54, 1.807) is 6.07 Å². The summed E-state index contributed by atoms with van der Waals surface area (Å²) in [6.07, 6.45) is 1.93. The Bertz CT molecular complexity index is 883. The molecule has 1 heterocycles. The van der Waals surface area contributed by atoms with Crippen molar-refractivity contribution in [1.82, 2.24) is 9.80 Å². The molecule has 1 saturated heterocycles. The number of carbonyl (C=O) groups excluding carboxylic acids is 2. The van der Waals surface area contributed by atoms with E-state index in [0.717, 1.165) is 37.2 Å². The number of nitrogens with one attached hydrogen (secondary N) is 1. The first-order valence-corrected chi connectivity index (χ1v) is 10.5. The second-order valence-electron chi connectivity index (χ2n) is 7.65. The van der Waals surface area contributed by atoms with Crippen molar-refractivity contribution in [3.63, 3.8) is 0 Å². The van der Waals surface area contributed by atoms with E-state index in [1.807, 2.05) is 35.2 Å². The molecule has 28 heavy (non-hydrogen) atoms. The Hall–Kier alpha value is -2.18. The number of nitrogens with zero attached hydrogens (tertiary/aromatic N) is 2. The quantitative estimate of drug-likeness (QED) is 0.781. The molecule has 0 radical (unpaired) electrons. The van der Waals surface area contributed by atoms with Gasteiger partial charge in [-0.25, -0.2) is 0 Å². The summed E-state index contributed by atoms with van der Waals surface area (Å²) in [6.45, 7) is 2.34. The van der Waals surface area contributed by atoms with Gasteiger partial charge in [0.1, 0.15) is 0 Å². The van der Waals surface area contributed by atoms with Crippen molar-refractivity contribution < 1.29 is 9.59 Å². The predicted octanol–water partition coefficient (Wildman–Crippen LogP) is 3.93. The van der Waals surface area contributed by atoms with Crippen LogP contribution in [0, 0.1) is 5.92 Å². The number of likely N-dealkylation sites (N-methyl/N-ethyl adjacent to an activating group) is 1. The topological polar surface area (TPSA) is 52.6 Å². The molecule has 0 spiro atoms. The lowest BCUT2D eigenvalue weighted by Crippen LogP contribution is -2.49. The van der Waals surface area contributed by atoms with Gasteiger partial charge in [0.25, 0.3) is 5.91 Å². The Balaban J connectivity index is 1.55. The van der Waals surface area contributed by atoms with E-state index >= 15 is 0 Å². The third kappa shape index (κ3) is 4.13. The van der Waals surface area contributed by atoms with Crippen LogP contribution >= 0.6 is 15.9 Å². The Morgan fingerprint density at radius 2 is 1.82 bits per heavy atom. The van der Waals surface area contributed by atoms with E-state index in [0.29, 0.717) is 16.6 Å². The van der Waals surface area contributed by atoms with Crippen LogP contribution in [0.25, 0.3) is 0 Å². The highest BCUT2D eigenvalue weighted by molar-refractivity contribution is 9.10. The molecule has 1 atom stereocenters. The van der Waals surface area contributed by atoms with Gasteiger partial charge in [0.15, 0.2) is 0 Å². The summed E-state index contributed by atoms with van der Waals surface area (Å²) in [5.74, 6) is 0.222. The van der Waals surface area contributed by atoms with Crippen molar-refractivity contribution in [2.45, 2.75) is 18.9 Å². The minimum Gasteiger partial charge on any atom is -0.329 e. The van der Waals surface area contributed by atoms with Crippen molar-refractivity contribution >= 4 is 33.4 Å². The van der Waals surface area contributed by atoms with Gasteiger partial charge >= 0.3 is 0 Å². The lowest BCUT2D eigenvalue weighted by Gasteiger charge is -2.40. The van der Waals surface area contributed by atoms with E-state index in [1.165, 1.54) is 0 Å². The van der Waals surface area contributed by atoms with Gasteiger partial charge in [-0.15, -0.1) is 0 Å². The molecule has 2 amide bonds. The molecule has 0 aromatic heterocycles. The van der Waals surface area contributed by atoms with E-state index < -0.39 is 0 Å². The standard InChI is InChI=1S/C22H24BrN3O2/c1-25-11-12-26(20(14-25)15-5-3-2-4-6-15)22(28)18-10-9-17(13-19(18)23)24-21(27)16-7-8-16/h2-6,9-10,13,16,20H,7-8,11-12,14H2,1H3,(H,24,27). The van der Waals surface area contributed by atoms with E-state index in [9.17, 15) is 9.59 Å². The van der Waals surface area contributed by atoms with Gasteiger partial charge in [-0.2, -0.15) is 0 Å². The summed E-state index contributed by atoms with van der Waals surface area (Å²) in [6, 6.07) is 15.6. The Labute approximate surface area is 173 Å². The molecule has 1 N–H and O–H groups in total. The van der Waals surface area contributed by atoms with Gasteiger partial charge in [-0.3, -0.25) is 9.59 Å². The number of carbonyl (C=O) groups is 2. The van der Waals surface area contributed by atoms with Gasteiger partial charge in [0, 0.05) is 35.7 Å². The zero-order valence-corrected chi connectivity index (χ0v) is 17.5. The predicted molar refractivity (Wildman–Crippen MR) is 113 cm³/mol. The number of benzene rings is 2. The van der Waals surface area contributed by atoms with Crippen LogP contribution in [0.2, 0.25) is 0 Å². The highest BCUT2D eigenvalue weighted by Gasteiger charge is 2.32. The summed E-state index contributed by atoms with van der Waals surface area (Å²) >= 11 is 3.54. The van der Waals surface area contributed by atoms with Gasteiger partial charge < -0.3 is 15.1 Å². The Morgan fingerprint density at radius 1 is 1.07 bits per heavy atom. The maximum absolute atomic E-state index is 13.4. The normalized spacial score (nSPS) is 20.1. The van der Waals surface area contributed by atoms with Gasteiger partial charge in [-0.05, 0) is 59.6 Å². The number of hydrogen-bond acceptors (Lipinski definition) is 3. The Morgan fingerprint density at radius 3 is 2.50 bits per heavy atom. The SMILES string of the molecule is CN1CCN(C(=O)c2ccc(NC(=O)C3CC3)cc2Br)C(c2ccccc2)C1. The molecule has 2 fully saturated rings. The number of rotatable bonds is 4. The minimum atomic E-state index is 0.00824. The molecule has 1 saturated carbocycles. The van der Waals surface area contributed by atoms with Crippen LogP contribution in [0.15, 0.2) is 53.0 Å². The summed E-state index contributed by atoms with van der Waals surface area (Å²) < 4.78 is 0.705. The van der Waals surface area contributed by atoms with Crippen LogP contribution in [0.1, 0.15) is 34.8 Å². The molecule has 2 aromatic carbocycles. The first kappa shape index (κ1) is 19.2. The first-order chi connectivity index (χ1) is 13.5. The molecular weight excluding hydrogens is 418 g/mol. The monoisotopic (exact) mass is 441 g/mol. The highest BCUT2D eigenvalue weighted by Crippen LogP contribution is 2.32. The molecule has 1 unspecified atom stereocenters. The van der Waals surface area contributed by atoms with Crippen molar-refractivity contribution in [3.8, 4) is 0 Å². The number of piperazine rings is 1. The fourth-order valence-corrected chi connectivity index (χ4v) is 4.18. The fraction of sp³-hybridized carbons (Fsp3) is 0.364. The smallest absolute Gasteiger partial charge is 0.255 e. The molecule has 1 aliphatic heterocycles. The minimum absolute atomic E-state index is 0.00824. The zero-order valence-electron chi connectivity index (χ0n) is 15.9. The largest absolute Gasteiger partial charge is 0.329 e. The second-order valence-corrected chi connectivity index (χ2v) is 8.50. The molecule has 1 aliphatic carbocycles. The van der Waals surface area contributed by atoms with E-state index in [2.05, 4.69) is 45.3 Å². The van der Waals surface area contributed by atoms with Gasteiger partial charge in [-0.1, -0.05) is 30.3 Å². The molecule has 2 aromatic rings. The van der Waals surface area contributed by atoms with Crippen LogP contribution in [-0.4, -0.2) is 48.3 Å². The third-order valence-electron chi connectivity index (χ3n) is 5.44. The lowest BCUT2D eigenvalue weighted by molar-refractivity contribution is -0.117. The Kier molecular flexibility index (Phi) is 5.51. The molecule has 4 rings (SSSR count). The van der Waals surface area contributed by atoms with Crippen LogP contribution < -0.4 is 5.32 Å². The maximum atomic E-state index is 13.4. The molecule has 6 heteroatoms. The number of amides is 2. The molecule has 2 aliphatic rings. The van der Waals surface area contributed by atoms with Crippen molar-refractivity contribution in [1.29, 1.82) is 0 Å². The van der Waals surface area contributed by atoms with Gasteiger partial charge in [0.2, 0.25) is 5.91 Å². The van der Waals surface area contributed by atoms with Gasteiger partial charge in [0.05, 0.1) is 11.6 Å². The maximum Gasteiger partial charge on any atom is 0.255 e. The highest BCUT2D eigenvalue weighted by atomic mass is 79.9. The average molecular weight is 442 g/mol. The van der Waals surface area contributed by atoms with E-state index in [4.69, 9.17) is 0 Å². The fourth-order valence-electron chi connectivity index (χ4n) is 3.63. The molecule has 0 bridgehead atoms. The number of halogens is 1. The lowest BCUT2D eigenvalue weighted by atomic mass is 10.0. The van der Waals surface area contributed by atoms with Crippen LogP contribution in [0.5, 0.6) is 0 Å². The summed E-state index contributed by atoms with van der Waals surface area (Å²) in [4.78, 5) is 29.5. The van der Waals surface area contributed by atoms with Crippen LogP contribution in [-0.2, 0) is 4.79 Å². The zero-order chi connectivity index (χ0) is 19.7. The summed E-state index contributed by atoms with van der Waals surface area (Å²) in [7, 11) is 2.09. The molecular formula is C22H24BrN3O2. The molecule has 5 nitrogen and oxygen atoms in total. The first-order valence-electron chi connectivity index (χ1n) is 9.68. The number of anilines is 1. The van der Waals surface area contributed by atoms with Crippen molar-refractivity contribution in [2.24, 2.45) is 5.92 Å². The van der Waals surface area contributed by atoms with Crippen molar-refractivity contribution in [2.75, 3.05) is 32.0 Å².